The lowest BCUT2D eigenvalue weighted by Crippen LogP contribution is -2.50. The van der Waals surface area contributed by atoms with E-state index in [1.807, 2.05) is 13.8 Å². The van der Waals surface area contributed by atoms with Gasteiger partial charge in [0.05, 0.1) is 0 Å². The van der Waals surface area contributed by atoms with Gasteiger partial charge in [-0.15, -0.1) is 0 Å². The highest BCUT2D eigenvalue weighted by atomic mass is 16.1. The van der Waals surface area contributed by atoms with Crippen LogP contribution in [0.25, 0.3) is 0 Å². The van der Waals surface area contributed by atoms with Crippen LogP contribution in [0.2, 0.25) is 0 Å². The van der Waals surface area contributed by atoms with Crippen molar-refractivity contribution < 1.29 is 4.79 Å². The summed E-state index contributed by atoms with van der Waals surface area (Å²) >= 11 is 0. The Morgan fingerprint density at radius 3 is 2.11 bits per heavy atom. The molecule has 18 heavy (non-hydrogen) atoms. The third kappa shape index (κ3) is 5.83. The highest BCUT2D eigenvalue weighted by Gasteiger charge is 2.29. The first-order chi connectivity index (χ1) is 8.09. The van der Waals surface area contributed by atoms with Crippen LogP contribution in [0.5, 0.6) is 0 Å². The molecule has 4 heteroatoms. The average molecular weight is 257 g/mol. The van der Waals surface area contributed by atoms with Crippen LogP contribution in [0, 0.1) is 5.41 Å². The van der Waals surface area contributed by atoms with Gasteiger partial charge in [0.2, 0.25) is 5.91 Å². The molecule has 1 amide bonds. The molecule has 0 heterocycles. The Morgan fingerprint density at radius 2 is 1.78 bits per heavy atom. The summed E-state index contributed by atoms with van der Waals surface area (Å²) in [5.41, 5.74) is 5.99. The van der Waals surface area contributed by atoms with E-state index in [1.54, 1.807) is 0 Å². The lowest BCUT2D eigenvalue weighted by Gasteiger charge is -2.39. The minimum absolute atomic E-state index is 0.0772. The third-order valence-electron chi connectivity index (χ3n) is 3.58. The minimum Gasteiger partial charge on any atom is -0.354 e. The van der Waals surface area contributed by atoms with Crippen LogP contribution in [-0.2, 0) is 4.79 Å². The van der Waals surface area contributed by atoms with E-state index >= 15 is 0 Å². The molecule has 2 atom stereocenters. The monoisotopic (exact) mass is 257 g/mol. The first-order valence-electron chi connectivity index (χ1n) is 6.81. The number of amides is 1. The SMILES string of the molecule is CC(C)NC(=O)CC(CN)N(C)C(C)C(C)(C)C. The van der Waals surface area contributed by atoms with Gasteiger partial charge in [0.15, 0.2) is 0 Å². The van der Waals surface area contributed by atoms with E-state index in [0.717, 1.165) is 0 Å². The van der Waals surface area contributed by atoms with Gasteiger partial charge in [-0.2, -0.15) is 0 Å². The molecule has 0 saturated heterocycles. The molecule has 0 aromatic rings. The number of nitrogens with zero attached hydrogens (tertiary/aromatic N) is 1. The first-order valence-corrected chi connectivity index (χ1v) is 6.81. The standard InChI is InChI=1S/C14H31N3O/c1-10(2)16-13(18)8-12(9-15)17(7)11(3)14(4,5)6/h10-12H,8-9,15H2,1-7H3,(H,16,18). The van der Waals surface area contributed by atoms with Gasteiger partial charge in [0.1, 0.15) is 0 Å². The minimum atomic E-state index is 0.0772. The summed E-state index contributed by atoms with van der Waals surface area (Å²) in [4.78, 5) is 14.0. The Balaban J connectivity index is 4.54. The maximum atomic E-state index is 11.8. The fourth-order valence-corrected chi connectivity index (χ4v) is 1.92. The van der Waals surface area contributed by atoms with E-state index in [-0.39, 0.29) is 23.4 Å². The summed E-state index contributed by atoms with van der Waals surface area (Å²) in [5, 5.41) is 2.92. The predicted molar refractivity (Wildman–Crippen MR) is 77.4 cm³/mol. The van der Waals surface area contributed by atoms with Crippen LogP contribution in [-0.4, -0.2) is 42.5 Å². The largest absolute Gasteiger partial charge is 0.354 e. The molecule has 0 aliphatic carbocycles. The number of nitrogens with one attached hydrogen (secondary N) is 1. The van der Waals surface area contributed by atoms with Crippen molar-refractivity contribution in [2.45, 2.75) is 66.1 Å². The van der Waals surface area contributed by atoms with Crippen molar-refractivity contribution >= 4 is 5.91 Å². The van der Waals surface area contributed by atoms with Crippen molar-refractivity contribution in [2.75, 3.05) is 13.6 Å². The molecule has 0 aromatic heterocycles. The highest BCUT2D eigenvalue weighted by molar-refractivity contribution is 5.76. The predicted octanol–water partition coefficient (Wildman–Crippen LogP) is 1.59. The Bertz CT molecular complexity index is 258. The zero-order valence-corrected chi connectivity index (χ0v) is 13.1. The van der Waals surface area contributed by atoms with E-state index in [2.05, 4.69) is 45.0 Å². The Hall–Kier alpha value is -0.610. The van der Waals surface area contributed by atoms with Gasteiger partial charge in [0, 0.05) is 31.1 Å². The van der Waals surface area contributed by atoms with Gasteiger partial charge in [-0.05, 0) is 33.2 Å². The van der Waals surface area contributed by atoms with Gasteiger partial charge in [-0.1, -0.05) is 20.8 Å². The molecule has 3 N–H and O–H groups in total. The lowest BCUT2D eigenvalue weighted by molar-refractivity contribution is -0.123. The first kappa shape index (κ1) is 17.4. The van der Waals surface area contributed by atoms with Crippen molar-refractivity contribution in [3.63, 3.8) is 0 Å². The molecule has 2 unspecified atom stereocenters. The summed E-state index contributed by atoms with van der Waals surface area (Å²) in [6.07, 6.45) is 0.464. The number of carbonyl (C=O) groups is 1. The molecule has 0 spiro atoms. The average Bonchev–Trinajstić information content (AvgIpc) is 2.21. The van der Waals surface area contributed by atoms with Crippen LogP contribution >= 0.6 is 0 Å². The fraction of sp³-hybridized carbons (Fsp3) is 0.929. The Kier molecular flexibility index (Phi) is 6.86. The second kappa shape index (κ2) is 7.10. The van der Waals surface area contributed by atoms with E-state index in [0.29, 0.717) is 19.0 Å². The fourth-order valence-electron chi connectivity index (χ4n) is 1.92. The van der Waals surface area contributed by atoms with Crippen molar-refractivity contribution in [2.24, 2.45) is 11.1 Å². The Labute approximate surface area is 112 Å². The van der Waals surface area contributed by atoms with Crippen molar-refractivity contribution in [1.82, 2.24) is 10.2 Å². The van der Waals surface area contributed by atoms with Gasteiger partial charge < -0.3 is 11.1 Å². The summed E-state index contributed by atoms with van der Waals surface area (Å²) in [6.45, 7) is 13.2. The number of likely N-dealkylation sites (N-methyl/N-ethyl adjacent to an activating group) is 1. The van der Waals surface area contributed by atoms with Crippen LogP contribution in [0.3, 0.4) is 0 Å². The lowest BCUT2D eigenvalue weighted by atomic mass is 9.86. The van der Waals surface area contributed by atoms with Gasteiger partial charge >= 0.3 is 0 Å². The number of carbonyl (C=O) groups excluding carboxylic acids is 1. The second-order valence-electron chi connectivity index (χ2n) is 6.52. The number of nitrogens with two attached hydrogens (primary N) is 1. The molecule has 0 rings (SSSR count). The molecule has 0 aliphatic rings. The number of hydrogen-bond acceptors (Lipinski definition) is 3. The molecular formula is C14H31N3O. The van der Waals surface area contributed by atoms with Crippen molar-refractivity contribution in [3.8, 4) is 0 Å². The molecule has 4 nitrogen and oxygen atoms in total. The maximum Gasteiger partial charge on any atom is 0.221 e. The number of rotatable bonds is 6. The summed E-state index contributed by atoms with van der Waals surface area (Å²) < 4.78 is 0. The normalized spacial score (nSPS) is 15.9. The number of hydrogen-bond donors (Lipinski definition) is 2. The van der Waals surface area contributed by atoms with Gasteiger partial charge in [-0.3, -0.25) is 9.69 Å². The van der Waals surface area contributed by atoms with Crippen LogP contribution in [0.15, 0.2) is 0 Å². The second-order valence-corrected chi connectivity index (χ2v) is 6.52. The third-order valence-corrected chi connectivity index (χ3v) is 3.58. The molecule has 0 aliphatic heterocycles. The zero-order chi connectivity index (χ0) is 14.5. The van der Waals surface area contributed by atoms with Crippen LogP contribution < -0.4 is 11.1 Å². The van der Waals surface area contributed by atoms with Gasteiger partial charge in [-0.25, -0.2) is 0 Å². The van der Waals surface area contributed by atoms with Crippen molar-refractivity contribution in [3.05, 3.63) is 0 Å². The van der Waals surface area contributed by atoms with Crippen LogP contribution in [0.4, 0.5) is 0 Å². The smallest absolute Gasteiger partial charge is 0.221 e. The quantitative estimate of drug-likeness (QED) is 0.760. The molecular weight excluding hydrogens is 226 g/mol. The van der Waals surface area contributed by atoms with E-state index in [9.17, 15) is 4.79 Å². The summed E-state index contributed by atoms with van der Waals surface area (Å²) in [5.74, 6) is 0.0772. The topological polar surface area (TPSA) is 58.4 Å². The van der Waals surface area contributed by atoms with Crippen molar-refractivity contribution in [1.29, 1.82) is 0 Å². The molecule has 0 bridgehead atoms. The Morgan fingerprint density at radius 1 is 1.28 bits per heavy atom. The molecule has 0 radical (unpaired) electrons. The zero-order valence-electron chi connectivity index (χ0n) is 13.1. The summed E-state index contributed by atoms with van der Waals surface area (Å²) in [7, 11) is 2.05. The van der Waals surface area contributed by atoms with Gasteiger partial charge in [0.25, 0.3) is 0 Å². The maximum absolute atomic E-state index is 11.8. The molecule has 0 saturated carbocycles. The van der Waals surface area contributed by atoms with E-state index < -0.39 is 0 Å². The molecule has 108 valence electrons. The van der Waals surface area contributed by atoms with E-state index in [1.165, 1.54) is 0 Å². The summed E-state index contributed by atoms with van der Waals surface area (Å²) in [6, 6.07) is 0.650. The van der Waals surface area contributed by atoms with Crippen LogP contribution in [0.1, 0.15) is 48.0 Å². The highest BCUT2D eigenvalue weighted by Crippen LogP contribution is 2.24. The molecule has 0 fully saturated rings. The molecule has 0 aromatic carbocycles. The van der Waals surface area contributed by atoms with E-state index in [4.69, 9.17) is 5.73 Å².